The lowest BCUT2D eigenvalue weighted by Gasteiger charge is -2.49. The number of methoxy groups -OCH3 is 1. The number of nitrogens with two attached hydrogens (primary N) is 1. The van der Waals surface area contributed by atoms with Crippen LogP contribution in [0.1, 0.15) is 58.3 Å². The van der Waals surface area contributed by atoms with Crippen LogP contribution < -0.4 is 5.73 Å². The number of rotatable bonds is 3. The largest absolute Gasteiger partial charge is 0.380 e. The van der Waals surface area contributed by atoms with E-state index in [9.17, 15) is 0 Å². The summed E-state index contributed by atoms with van der Waals surface area (Å²) >= 11 is 0. The average Bonchev–Trinajstić information content (AvgIpc) is 2.40. The summed E-state index contributed by atoms with van der Waals surface area (Å²) in [6.45, 7) is 5.42. The van der Waals surface area contributed by atoms with E-state index in [4.69, 9.17) is 10.5 Å². The molecule has 1 aliphatic heterocycles. The molecule has 1 aliphatic carbocycles. The molecule has 19 heavy (non-hydrogen) atoms. The number of piperidine rings is 1. The Balaban J connectivity index is 2.06. The summed E-state index contributed by atoms with van der Waals surface area (Å²) in [7, 11) is 1.86. The first-order valence-electron chi connectivity index (χ1n) is 8.20. The lowest BCUT2D eigenvalue weighted by molar-refractivity contribution is -0.0516. The maximum atomic E-state index is 6.23. The van der Waals surface area contributed by atoms with Gasteiger partial charge in [-0.3, -0.25) is 4.90 Å². The van der Waals surface area contributed by atoms with E-state index in [1.54, 1.807) is 0 Å². The van der Waals surface area contributed by atoms with Crippen LogP contribution in [0.25, 0.3) is 0 Å². The molecule has 3 heteroatoms. The van der Waals surface area contributed by atoms with Gasteiger partial charge in [-0.2, -0.15) is 0 Å². The summed E-state index contributed by atoms with van der Waals surface area (Å²) in [6, 6.07) is 0. The van der Waals surface area contributed by atoms with Gasteiger partial charge in [0.15, 0.2) is 0 Å². The Morgan fingerprint density at radius 1 is 1.16 bits per heavy atom. The molecule has 0 radical (unpaired) electrons. The van der Waals surface area contributed by atoms with E-state index in [-0.39, 0.29) is 5.54 Å². The third kappa shape index (κ3) is 3.50. The van der Waals surface area contributed by atoms with Gasteiger partial charge in [-0.15, -0.1) is 0 Å². The van der Waals surface area contributed by atoms with Gasteiger partial charge >= 0.3 is 0 Å². The summed E-state index contributed by atoms with van der Waals surface area (Å²) in [4.78, 5) is 2.67. The molecule has 112 valence electrons. The molecule has 0 bridgehead atoms. The van der Waals surface area contributed by atoms with Gasteiger partial charge in [-0.05, 0) is 31.7 Å². The Morgan fingerprint density at radius 2 is 1.79 bits per heavy atom. The van der Waals surface area contributed by atoms with Crippen molar-refractivity contribution in [2.45, 2.75) is 69.9 Å². The van der Waals surface area contributed by atoms with Crippen molar-refractivity contribution in [2.24, 2.45) is 11.7 Å². The average molecular weight is 268 g/mol. The Kier molecular flexibility index (Phi) is 5.67. The minimum atomic E-state index is 0.261. The minimum absolute atomic E-state index is 0.261. The zero-order valence-electron chi connectivity index (χ0n) is 12.9. The molecule has 2 atom stereocenters. The van der Waals surface area contributed by atoms with Crippen LogP contribution in [0.2, 0.25) is 0 Å². The molecule has 1 saturated heterocycles. The lowest BCUT2D eigenvalue weighted by atomic mass is 9.80. The molecule has 2 N–H and O–H groups in total. The second-order valence-corrected chi connectivity index (χ2v) is 6.68. The Bertz CT molecular complexity index is 261. The second kappa shape index (κ2) is 7.05. The molecule has 0 aromatic heterocycles. The molecule has 2 unspecified atom stereocenters. The molecule has 2 fully saturated rings. The van der Waals surface area contributed by atoms with Gasteiger partial charge in [0.05, 0.1) is 6.10 Å². The van der Waals surface area contributed by atoms with Crippen molar-refractivity contribution in [3.05, 3.63) is 0 Å². The van der Waals surface area contributed by atoms with Gasteiger partial charge in [0.25, 0.3) is 0 Å². The summed E-state index contributed by atoms with van der Waals surface area (Å²) < 4.78 is 5.69. The fraction of sp³-hybridized carbons (Fsp3) is 1.00. The fourth-order valence-electron chi connectivity index (χ4n) is 3.98. The van der Waals surface area contributed by atoms with E-state index in [0.29, 0.717) is 12.0 Å². The zero-order valence-corrected chi connectivity index (χ0v) is 12.9. The van der Waals surface area contributed by atoms with Gasteiger partial charge in [-0.25, -0.2) is 0 Å². The molecular formula is C16H32N2O. The predicted octanol–water partition coefficient (Wildman–Crippen LogP) is 2.79. The first kappa shape index (κ1) is 15.3. The van der Waals surface area contributed by atoms with E-state index in [2.05, 4.69) is 11.8 Å². The maximum Gasteiger partial charge on any atom is 0.0724 e. The van der Waals surface area contributed by atoms with E-state index in [1.165, 1.54) is 57.9 Å². The molecule has 2 aliphatic rings. The van der Waals surface area contributed by atoms with Gasteiger partial charge in [0.2, 0.25) is 0 Å². The van der Waals surface area contributed by atoms with E-state index in [1.807, 2.05) is 7.11 Å². The molecule has 2 rings (SSSR count). The minimum Gasteiger partial charge on any atom is -0.380 e. The van der Waals surface area contributed by atoms with E-state index < -0.39 is 0 Å². The van der Waals surface area contributed by atoms with Crippen LogP contribution in [0.3, 0.4) is 0 Å². The summed E-state index contributed by atoms with van der Waals surface area (Å²) in [5.41, 5.74) is 6.49. The topological polar surface area (TPSA) is 38.5 Å². The predicted molar refractivity (Wildman–Crippen MR) is 80.3 cm³/mol. The summed E-state index contributed by atoms with van der Waals surface area (Å²) in [5.74, 6) is 0.685. The van der Waals surface area contributed by atoms with Crippen molar-refractivity contribution in [3.8, 4) is 0 Å². The first-order chi connectivity index (χ1) is 9.22. The van der Waals surface area contributed by atoms with Crippen LogP contribution >= 0.6 is 0 Å². The van der Waals surface area contributed by atoms with Crippen molar-refractivity contribution >= 4 is 0 Å². The van der Waals surface area contributed by atoms with Crippen LogP contribution in [0.4, 0.5) is 0 Å². The number of ether oxygens (including phenoxy) is 1. The highest BCUT2D eigenvalue weighted by Crippen LogP contribution is 2.34. The third-order valence-electron chi connectivity index (χ3n) is 5.53. The van der Waals surface area contributed by atoms with Crippen LogP contribution in [0.5, 0.6) is 0 Å². The third-order valence-corrected chi connectivity index (χ3v) is 5.53. The normalized spacial score (nSPS) is 33.6. The van der Waals surface area contributed by atoms with Crippen LogP contribution in [-0.2, 0) is 4.74 Å². The van der Waals surface area contributed by atoms with Crippen LogP contribution in [0, 0.1) is 5.92 Å². The zero-order chi connectivity index (χ0) is 13.7. The van der Waals surface area contributed by atoms with Gasteiger partial charge < -0.3 is 10.5 Å². The monoisotopic (exact) mass is 268 g/mol. The van der Waals surface area contributed by atoms with Crippen molar-refractivity contribution in [2.75, 3.05) is 26.7 Å². The van der Waals surface area contributed by atoms with E-state index in [0.717, 1.165) is 13.1 Å². The molecule has 1 heterocycles. The van der Waals surface area contributed by atoms with Crippen LogP contribution in [0.15, 0.2) is 0 Å². The molecule has 3 nitrogen and oxygen atoms in total. The fourth-order valence-corrected chi connectivity index (χ4v) is 3.98. The van der Waals surface area contributed by atoms with Crippen molar-refractivity contribution in [1.29, 1.82) is 0 Å². The first-order valence-corrected chi connectivity index (χ1v) is 8.20. The molecule has 0 spiro atoms. The highest BCUT2D eigenvalue weighted by molar-refractivity contribution is 4.96. The molecular weight excluding hydrogens is 236 g/mol. The molecule has 1 saturated carbocycles. The summed E-state index contributed by atoms with van der Waals surface area (Å²) in [5, 5.41) is 0. The number of hydrogen-bond acceptors (Lipinski definition) is 3. The van der Waals surface area contributed by atoms with Crippen molar-refractivity contribution in [3.63, 3.8) is 0 Å². The quantitative estimate of drug-likeness (QED) is 0.855. The molecule has 0 aromatic rings. The highest BCUT2D eigenvalue weighted by Gasteiger charge is 2.39. The van der Waals surface area contributed by atoms with Gasteiger partial charge in [0.1, 0.15) is 0 Å². The molecule has 0 aromatic carbocycles. The lowest BCUT2D eigenvalue weighted by Crippen LogP contribution is -2.59. The number of likely N-dealkylation sites (tertiary alicyclic amines) is 1. The number of hydrogen-bond donors (Lipinski definition) is 1. The Morgan fingerprint density at radius 3 is 2.37 bits per heavy atom. The smallest absolute Gasteiger partial charge is 0.0724 e. The van der Waals surface area contributed by atoms with E-state index >= 15 is 0 Å². The van der Waals surface area contributed by atoms with Crippen molar-refractivity contribution in [1.82, 2.24) is 4.90 Å². The summed E-state index contributed by atoms with van der Waals surface area (Å²) in [6.07, 6.45) is 11.1. The van der Waals surface area contributed by atoms with Crippen LogP contribution in [-0.4, -0.2) is 43.3 Å². The second-order valence-electron chi connectivity index (χ2n) is 6.68. The van der Waals surface area contributed by atoms with Gasteiger partial charge in [0, 0.05) is 25.7 Å². The SMILES string of the molecule is COC1CN(C2(CN)CCCCCCC2)CCC1C. The Labute approximate surface area is 118 Å². The number of nitrogens with zero attached hydrogens (tertiary/aromatic N) is 1. The maximum absolute atomic E-state index is 6.23. The standard InChI is InChI=1S/C16H32N2O/c1-14-8-11-18(12-15(14)19-2)16(13-17)9-6-4-3-5-7-10-16/h14-15H,3-13,17H2,1-2H3. The van der Waals surface area contributed by atoms with Gasteiger partial charge in [-0.1, -0.05) is 39.0 Å². The van der Waals surface area contributed by atoms with Crippen molar-refractivity contribution < 1.29 is 4.74 Å². The molecule has 0 amide bonds. The highest BCUT2D eigenvalue weighted by atomic mass is 16.5. The Hall–Kier alpha value is -0.120.